The number of benzene rings is 2. The van der Waals surface area contributed by atoms with Gasteiger partial charge in [-0.3, -0.25) is 0 Å². The van der Waals surface area contributed by atoms with Crippen LogP contribution in [-0.2, 0) is 4.79 Å². The summed E-state index contributed by atoms with van der Waals surface area (Å²) in [5.41, 5.74) is -0.433. The minimum absolute atomic E-state index is 0.242. The summed E-state index contributed by atoms with van der Waals surface area (Å²) in [6, 6.07) is 12.5. The smallest absolute Gasteiger partial charge is 0.326 e. The molecule has 1 aliphatic rings. The van der Waals surface area contributed by atoms with Crippen LogP contribution in [0, 0.1) is 0 Å². The number of ether oxygens (including phenoxy) is 1. The number of amides is 2. The van der Waals surface area contributed by atoms with Gasteiger partial charge >= 0.3 is 12.0 Å². The van der Waals surface area contributed by atoms with E-state index in [1.807, 2.05) is 63.2 Å². The molecule has 3 rings (SSSR count). The molecule has 6 heteroatoms. The highest BCUT2D eigenvalue weighted by atomic mass is 16.5. The summed E-state index contributed by atoms with van der Waals surface area (Å²) in [4.78, 5) is 25.4. The van der Waals surface area contributed by atoms with E-state index in [-0.39, 0.29) is 25.1 Å². The van der Waals surface area contributed by atoms with Crippen molar-refractivity contribution in [3.8, 4) is 5.75 Å². The summed E-state index contributed by atoms with van der Waals surface area (Å²) in [6.45, 7) is 5.82. The number of fused-ring (bicyclic) bond motifs is 1. The van der Waals surface area contributed by atoms with E-state index in [0.29, 0.717) is 5.75 Å². The van der Waals surface area contributed by atoms with Crippen molar-refractivity contribution < 1.29 is 19.4 Å². The molecule has 1 aliphatic heterocycles. The number of carboxylic acids is 1. The number of likely N-dealkylation sites (tertiary alicyclic amines) is 1. The molecule has 6 nitrogen and oxygen atoms in total. The Bertz CT molecular complexity index is 828. The number of carbonyl (C=O) groups excluding carboxylic acids is 1. The zero-order chi connectivity index (χ0) is 18.9. The summed E-state index contributed by atoms with van der Waals surface area (Å²) in [7, 11) is 0. The van der Waals surface area contributed by atoms with E-state index in [0.717, 1.165) is 10.8 Å². The second-order valence-electron chi connectivity index (χ2n) is 7.67. The molecule has 2 atom stereocenters. The SMILES string of the molecule is CC(C)(C)NC(=O)N1CC(Oc2ccc3ccccc3c2)C[C@H]1C(=O)O. The van der Waals surface area contributed by atoms with Crippen molar-refractivity contribution in [3.63, 3.8) is 0 Å². The number of hydrogen-bond donors (Lipinski definition) is 2. The second kappa shape index (κ2) is 6.86. The summed E-state index contributed by atoms with van der Waals surface area (Å²) < 4.78 is 5.99. The summed E-state index contributed by atoms with van der Waals surface area (Å²) in [5, 5.41) is 14.5. The van der Waals surface area contributed by atoms with E-state index in [4.69, 9.17) is 4.74 Å². The van der Waals surface area contributed by atoms with Crippen LogP contribution in [0.5, 0.6) is 5.75 Å². The van der Waals surface area contributed by atoms with Crippen molar-refractivity contribution in [2.24, 2.45) is 0 Å². The van der Waals surface area contributed by atoms with Gasteiger partial charge in [0.1, 0.15) is 17.9 Å². The predicted molar refractivity (Wildman–Crippen MR) is 99.4 cm³/mol. The number of nitrogens with one attached hydrogen (secondary N) is 1. The molecule has 1 heterocycles. The van der Waals surface area contributed by atoms with E-state index in [1.165, 1.54) is 4.90 Å². The maximum Gasteiger partial charge on any atom is 0.326 e. The average molecular weight is 356 g/mol. The van der Waals surface area contributed by atoms with Crippen LogP contribution in [0.2, 0.25) is 0 Å². The Hall–Kier alpha value is -2.76. The van der Waals surface area contributed by atoms with Gasteiger partial charge in [-0.25, -0.2) is 9.59 Å². The predicted octanol–water partition coefficient (Wildman–Crippen LogP) is 3.25. The lowest BCUT2D eigenvalue weighted by Crippen LogP contribution is -2.51. The molecule has 0 saturated carbocycles. The third-order valence-electron chi connectivity index (χ3n) is 4.31. The van der Waals surface area contributed by atoms with Crippen LogP contribution < -0.4 is 10.1 Å². The van der Waals surface area contributed by atoms with Crippen LogP contribution in [0.3, 0.4) is 0 Å². The molecule has 26 heavy (non-hydrogen) atoms. The van der Waals surface area contributed by atoms with Gasteiger partial charge < -0.3 is 20.1 Å². The molecule has 138 valence electrons. The number of urea groups is 1. The highest BCUT2D eigenvalue weighted by Gasteiger charge is 2.41. The van der Waals surface area contributed by atoms with Crippen molar-refractivity contribution >= 4 is 22.8 Å². The van der Waals surface area contributed by atoms with Gasteiger partial charge in [-0.1, -0.05) is 30.3 Å². The van der Waals surface area contributed by atoms with Crippen molar-refractivity contribution in [1.82, 2.24) is 10.2 Å². The topological polar surface area (TPSA) is 78.9 Å². The van der Waals surface area contributed by atoms with Gasteiger partial charge in [0.15, 0.2) is 0 Å². The number of nitrogens with zero attached hydrogens (tertiary/aromatic N) is 1. The molecule has 1 unspecified atom stereocenters. The number of carboxylic acid groups (broad SMARTS) is 1. The average Bonchev–Trinajstić information content (AvgIpc) is 2.97. The van der Waals surface area contributed by atoms with Gasteiger partial charge in [-0.05, 0) is 43.7 Å². The molecule has 1 fully saturated rings. The van der Waals surface area contributed by atoms with Crippen molar-refractivity contribution in [2.75, 3.05) is 6.54 Å². The van der Waals surface area contributed by atoms with Crippen LogP contribution >= 0.6 is 0 Å². The highest BCUT2D eigenvalue weighted by molar-refractivity contribution is 5.84. The fraction of sp³-hybridized carbons (Fsp3) is 0.400. The highest BCUT2D eigenvalue weighted by Crippen LogP contribution is 2.26. The standard InChI is InChI=1S/C20H24N2O4/c1-20(2,3)21-19(25)22-12-16(11-17(22)18(23)24)26-15-9-8-13-6-4-5-7-14(13)10-15/h4-10,16-17H,11-12H2,1-3H3,(H,21,25)(H,23,24)/t16?,17-/m0/s1. The monoisotopic (exact) mass is 356 g/mol. The Labute approximate surface area is 152 Å². The maximum atomic E-state index is 12.4. The maximum absolute atomic E-state index is 12.4. The van der Waals surface area contributed by atoms with Crippen molar-refractivity contribution in [2.45, 2.75) is 44.9 Å². The molecule has 2 aromatic carbocycles. The fourth-order valence-electron chi connectivity index (χ4n) is 3.17. The van der Waals surface area contributed by atoms with Crippen molar-refractivity contribution in [1.29, 1.82) is 0 Å². The lowest BCUT2D eigenvalue weighted by atomic mass is 10.1. The Morgan fingerprint density at radius 1 is 1.15 bits per heavy atom. The Balaban J connectivity index is 1.74. The van der Waals surface area contributed by atoms with E-state index in [1.54, 1.807) is 0 Å². The molecule has 0 radical (unpaired) electrons. The number of carbonyl (C=O) groups is 2. The number of aliphatic carboxylic acids is 1. The summed E-state index contributed by atoms with van der Waals surface area (Å²) in [6.07, 6.45) is -0.0947. The minimum Gasteiger partial charge on any atom is -0.488 e. The van der Waals surface area contributed by atoms with Gasteiger partial charge in [-0.2, -0.15) is 0 Å². The first-order chi connectivity index (χ1) is 12.2. The number of hydrogen-bond acceptors (Lipinski definition) is 3. The zero-order valence-corrected chi connectivity index (χ0v) is 15.2. The van der Waals surface area contributed by atoms with Crippen molar-refractivity contribution in [3.05, 3.63) is 42.5 Å². The van der Waals surface area contributed by atoms with E-state index < -0.39 is 17.6 Å². The molecule has 0 aromatic heterocycles. The van der Waals surface area contributed by atoms with Crippen LogP contribution in [0.25, 0.3) is 10.8 Å². The zero-order valence-electron chi connectivity index (χ0n) is 15.2. The normalized spacial score (nSPS) is 20.2. The molecule has 2 N–H and O–H groups in total. The number of rotatable bonds is 3. The molecule has 0 spiro atoms. The van der Waals surface area contributed by atoms with E-state index in [2.05, 4.69) is 5.32 Å². The fourth-order valence-corrected chi connectivity index (χ4v) is 3.17. The quantitative estimate of drug-likeness (QED) is 0.885. The molecule has 0 aliphatic carbocycles. The molecule has 2 aromatic rings. The summed E-state index contributed by atoms with van der Waals surface area (Å²) >= 11 is 0. The van der Waals surface area contributed by atoms with Gasteiger partial charge in [-0.15, -0.1) is 0 Å². The minimum atomic E-state index is -1.02. The third kappa shape index (κ3) is 4.07. The molecular formula is C20H24N2O4. The lowest BCUT2D eigenvalue weighted by Gasteiger charge is -2.27. The molecule has 0 bridgehead atoms. The van der Waals surface area contributed by atoms with Crippen LogP contribution in [0.4, 0.5) is 4.79 Å². The van der Waals surface area contributed by atoms with E-state index in [9.17, 15) is 14.7 Å². The first-order valence-electron chi connectivity index (χ1n) is 8.70. The van der Waals surface area contributed by atoms with Gasteiger partial charge in [0, 0.05) is 12.0 Å². The van der Waals surface area contributed by atoms with Crippen LogP contribution in [0.15, 0.2) is 42.5 Å². The van der Waals surface area contributed by atoms with Crippen LogP contribution in [0.1, 0.15) is 27.2 Å². The second-order valence-corrected chi connectivity index (χ2v) is 7.67. The lowest BCUT2D eigenvalue weighted by molar-refractivity contribution is -0.141. The summed E-state index contributed by atoms with van der Waals surface area (Å²) in [5.74, 6) is -0.338. The first kappa shape index (κ1) is 18.0. The van der Waals surface area contributed by atoms with Gasteiger partial charge in [0.2, 0.25) is 0 Å². The van der Waals surface area contributed by atoms with E-state index >= 15 is 0 Å². The molecule has 1 saturated heterocycles. The third-order valence-corrected chi connectivity index (χ3v) is 4.31. The first-order valence-corrected chi connectivity index (χ1v) is 8.70. The molecule has 2 amide bonds. The van der Waals surface area contributed by atoms with Gasteiger partial charge in [0.25, 0.3) is 0 Å². The van der Waals surface area contributed by atoms with Gasteiger partial charge in [0.05, 0.1) is 6.54 Å². The Kier molecular flexibility index (Phi) is 4.76. The Morgan fingerprint density at radius 2 is 1.85 bits per heavy atom. The Morgan fingerprint density at radius 3 is 2.50 bits per heavy atom. The molecular weight excluding hydrogens is 332 g/mol. The largest absolute Gasteiger partial charge is 0.488 e. The van der Waals surface area contributed by atoms with Crippen LogP contribution in [-0.4, -0.2) is 46.2 Å².